The second kappa shape index (κ2) is 5.22. The molecule has 0 spiro atoms. The predicted molar refractivity (Wildman–Crippen MR) is 66.0 cm³/mol. The molecular weight excluding hydrogens is 237 g/mol. The summed E-state index contributed by atoms with van der Waals surface area (Å²) in [7, 11) is 0. The number of nitrogens with zero attached hydrogens (tertiary/aromatic N) is 1. The van der Waals surface area contributed by atoms with Gasteiger partial charge in [-0.25, -0.2) is 9.18 Å². The summed E-state index contributed by atoms with van der Waals surface area (Å²) >= 11 is 0. The molecule has 0 bridgehead atoms. The normalized spacial score (nSPS) is 16.7. The molecule has 0 unspecified atom stereocenters. The first kappa shape index (κ1) is 12.6. The maximum absolute atomic E-state index is 13.9. The van der Waals surface area contributed by atoms with Crippen LogP contribution in [0.2, 0.25) is 0 Å². The summed E-state index contributed by atoms with van der Waals surface area (Å²) in [5, 5.41) is 0. The monoisotopic (exact) mass is 253 g/mol. The molecule has 5 nitrogen and oxygen atoms in total. The molecule has 1 amide bonds. The Balaban J connectivity index is 2.12. The first-order valence-corrected chi connectivity index (χ1v) is 5.83. The van der Waals surface area contributed by atoms with E-state index in [1.165, 1.54) is 6.07 Å². The third kappa shape index (κ3) is 2.89. The molecular formula is C12H16FN3O2. The highest BCUT2D eigenvalue weighted by atomic mass is 19.1. The van der Waals surface area contributed by atoms with Crippen LogP contribution < -0.4 is 21.1 Å². The van der Waals surface area contributed by atoms with E-state index in [2.05, 4.69) is 4.74 Å². The molecule has 0 aliphatic carbocycles. The standard InChI is InChI=1S/C12H16FN3O2/c13-10-7-9(18-12(15)17)1-2-11(10)16-5-3-8(14)4-6-16/h1-2,7-8H,3-6,14H2,(H2,15,17). The Morgan fingerprint density at radius 3 is 2.61 bits per heavy atom. The van der Waals surface area contributed by atoms with Crippen molar-refractivity contribution in [3.63, 3.8) is 0 Å². The molecule has 0 saturated carbocycles. The van der Waals surface area contributed by atoms with Gasteiger partial charge in [-0.2, -0.15) is 0 Å². The number of hydrogen-bond acceptors (Lipinski definition) is 4. The zero-order valence-electron chi connectivity index (χ0n) is 9.93. The predicted octanol–water partition coefficient (Wildman–Crippen LogP) is 1.21. The lowest BCUT2D eigenvalue weighted by Crippen LogP contribution is -2.40. The van der Waals surface area contributed by atoms with Crippen molar-refractivity contribution in [3.05, 3.63) is 24.0 Å². The van der Waals surface area contributed by atoms with Gasteiger partial charge in [0.2, 0.25) is 0 Å². The Kier molecular flexibility index (Phi) is 3.66. The third-order valence-electron chi connectivity index (χ3n) is 3.02. The van der Waals surface area contributed by atoms with Crippen molar-refractivity contribution < 1.29 is 13.9 Å². The van der Waals surface area contributed by atoms with Gasteiger partial charge in [-0.05, 0) is 25.0 Å². The van der Waals surface area contributed by atoms with Crippen LogP contribution in [0.5, 0.6) is 5.75 Å². The van der Waals surface area contributed by atoms with Crippen LogP contribution in [0, 0.1) is 5.82 Å². The molecule has 98 valence electrons. The Morgan fingerprint density at radius 2 is 2.06 bits per heavy atom. The second-order valence-corrected chi connectivity index (χ2v) is 4.36. The van der Waals surface area contributed by atoms with Gasteiger partial charge in [-0.3, -0.25) is 0 Å². The van der Waals surface area contributed by atoms with Gasteiger partial charge < -0.3 is 21.1 Å². The first-order chi connectivity index (χ1) is 8.56. The number of halogens is 1. The molecule has 18 heavy (non-hydrogen) atoms. The fourth-order valence-electron chi connectivity index (χ4n) is 2.06. The second-order valence-electron chi connectivity index (χ2n) is 4.36. The van der Waals surface area contributed by atoms with Crippen molar-refractivity contribution in [2.45, 2.75) is 18.9 Å². The van der Waals surface area contributed by atoms with Gasteiger partial charge in [0.05, 0.1) is 5.69 Å². The van der Waals surface area contributed by atoms with E-state index < -0.39 is 11.9 Å². The number of ether oxygens (including phenoxy) is 1. The van der Waals surface area contributed by atoms with Gasteiger partial charge in [0.15, 0.2) is 0 Å². The molecule has 1 aromatic rings. The van der Waals surface area contributed by atoms with Gasteiger partial charge >= 0.3 is 6.09 Å². The van der Waals surface area contributed by atoms with Crippen molar-refractivity contribution in [3.8, 4) is 5.75 Å². The molecule has 1 heterocycles. The molecule has 0 atom stereocenters. The molecule has 2 rings (SSSR count). The van der Waals surface area contributed by atoms with Crippen LogP contribution in [-0.2, 0) is 0 Å². The van der Waals surface area contributed by atoms with E-state index in [-0.39, 0.29) is 11.8 Å². The summed E-state index contributed by atoms with van der Waals surface area (Å²) in [6.45, 7) is 1.46. The van der Waals surface area contributed by atoms with Crippen LogP contribution >= 0.6 is 0 Å². The molecule has 1 saturated heterocycles. The zero-order chi connectivity index (χ0) is 13.1. The number of hydrogen-bond donors (Lipinski definition) is 2. The van der Waals surface area contributed by atoms with E-state index in [1.807, 2.05) is 4.90 Å². The fourth-order valence-corrected chi connectivity index (χ4v) is 2.06. The van der Waals surface area contributed by atoms with Crippen LogP contribution in [0.1, 0.15) is 12.8 Å². The van der Waals surface area contributed by atoms with E-state index in [0.717, 1.165) is 32.0 Å². The number of benzene rings is 1. The maximum atomic E-state index is 13.9. The highest BCUT2D eigenvalue weighted by Gasteiger charge is 2.19. The van der Waals surface area contributed by atoms with Crippen LogP contribution in [0.3, 0.4) is 0 Å². The average Bonchev–Trinajstić information content (AvgIpc) is 2.30. The van der Waals surface area contributed by atoms with Crippen LogP contribution in [0.4, 0.5) is 14.9 Å². The number of piperidine rings is 1. The van der Waals surface area contributed by atoms with Crippen LogP contribution in [-0.4, -0.2) is 25.2 Å². The SMILES string of the molecule is NC(=O)Oc1ccc(N2CCC(N)CC2)c(F)c1. The van der Waals surface area contributed by atoms with Crippen molar-refractivity contribution in [1.82, 2.24) is 0 Å². The summed E-state index contributed by atoms with van der Waals surface area (Å²) < 4.78 is 18.5. The minimum Gasteiger partial charge on any atom is -0.410 e. The van der Waals surface area contributed by atoms with Gasteiger partial charge in [0, 0.05) is 25.2 Å². The fraction of sp³-hybridized carbons (Fsp3) is 0.417. The Bertz CT molecular complexity index is 445. The summed E-state index contributed by atoms with van der Waals surface area (Å²) in [6.07, 6.45) is 0.740. The van der Waals surface area contributed by atoms with Crippen LogP contribution in [0.15, 0.2) is 18.2 Å². The van der Waals surface area contributed by atoms with Crippen molar-refractivity contribution in [2.75, 3.05) is 18.0 Å². The Morgan fingerprint density at radius 1 is 1.39 bits per heavy atom. The largest absolute Gasteiger partial charge is 0.410 e. The number of nitrogens with two attached hydrogens (primary N) is 2. The Labute approximate surface area is 104 Å². The third-order valence-corrected chi connectivity index (χ3v) is 3.02. The summed E-state index contributed by atoms with van der Waals surface area (Å²) in [5.41, 5.74) is 11.2. The molecule has 1 aliphatic heterocycles. The maximum Gasteiger partial charge on any atom is 0.409 e. The minimum absolute atomic E-state index is 0.109. The average molecular weight is 253 g/mol. The van der Waals surface area contributed by atoms with Gasteiger partial charge in [-0.15, -0.1) is 0 Å². The molecule has 0 aromatic heterocycles. The summed E-state index contributed by atoms with van der Waals surface area (Å²) in [5.74, 6) is -0.318. The van der Waals surface area contributed by atoms with E-state index >= 15 is 0 Å². The van der Waals surface area contributed by atoms with Gasteiger partial charge in [0.1, 0.15) is 11.6 Å². The van der Waals surface area contributed by atoms with E-state index in [4.69, 9.17) is 11.5 Å². The number of carbonyl (C=O) groups excluding carboxylic acids is 1. The minimum atomic E-state index is -0.953. The highest BCUT2D eigenvalue weighted by molar-refractivity contribution is 5.68. The van der Waals surface area contributed by atoms with E-state index in [9.17, 15) is 9.18 Å². The quantitative estimate of drug-likeness (QED) is 0.830. The van der Waals surface area contributed by atoms with Crippen molar-refractivity contribution in [1.29, 1.82) is 0 Å². The van der Waals surface area contributed by atoms with Crippen molar-refractivity contribution in [2.24, 2.45) is 11.5 Å². The molecule has 6 heteroatoms. The Hall–Kier alpha value is -1.82. The van der Waals surface area contributed by atoms with Crippen LogP contribution in [0.25, 0.3) is 0 Å². The number of anilines is 1. The van der Waals surface area contributed by atoms with Gasteiger partial charge in [0.25, 0.3) is 0 Å². The smallest absolute Gasteiger partial charge is 0.409 e. The van der Waals surface area contributed by atoms with Gasteiger partial charge in [-0.1, -0.05) is 0 Å². The molecule has 4 N–H and O–H groups in total. The van der Waals surface area contributed by atoms with Crippen molar-refractivity contribution >= 4 is 11.8 Å². The molecule has 1 aromatic carbocycles. The lowest BCUT2D eigenvalue weighted by atomic mass is 10.1. The highest BCUT2D eigenvalue weighted by Crippen LogP contribution is 2.26. The number of amides is 1. The first-order valence-electron chi connectivity index (χ1n) is 5.83. The zero-order valence-corrected chi connectivity index (χ0v) is 9.93. The molecule has 1 fully saturated rings. The lowest BCUT2D eigenvalue weighted by Gasteiger charge is -2.32. The number of primary amides is 1. The number of rotatable bonds is 2. The lowest BCUT2D eigenvalue weighted by molar-refractivity contribution is 0.210. The van der Waals surface area contributed by atoms with E-state index in [1.54, 1.807) is 6.07 Å². The summed E-state index contributed by atoms with van der Waals surface area (Å²) in [6, 6.07) is 4.47. The molecule has 0 radical (unpaired) electrons. The topological polar surface area (TPSA) is 81.6 Å². The summed E-state index contributed by atoms with van der Waals surface area (Å²) in [4.78, 5) is 12.5. The molecule has 1 aliphatic rings. The van der Waals surface area contributed by atoms with E-state index in [0.29, 0.717) is 5.69 Å². The number of carbonyl (C=O) groups is 1.